The highest BCUT2D eigenvalue weighted by Crippen LogP contribution is 2.09. The van der Waals surface area contributed by atoms with E-state index in [0.717, 1.165) is 5.56 Å². The maximum atomic E-state index is 12.8. The highest BCUT2D eigenvalue weighted by molar-refractivity contribution is 7.91. The first-order chi connectivity index (χ1) is 11.4. The predicted molar refractivity (Wildman–Crippen MR) is 93.8 cm³/mol. The molecule has 0 aromatic heterocycles. The average molecular weight is 347 g/mol. The Balaban J connectivity index is 1.80. The Morgan fingerprint density at radius 1 is 1.04 bits per heavy atom. The monoisotopic (exact) mass is 347 g/mol. The summed E-state index contributed by atoms with van der Waals surface area (Å²) in [5, 5.41) is 2.54. The minimum absolute atomic E-state index is 0.119. The van der Waals surface area contributed by atoms with Gasteiger partial charge in [-0.25, -0.2) is 12.8 Å². The number of carbonyl (C=O) groups excluding carboxylic acids is 1. The fraction of sp³-hybridized carbons (Fsp3) is 0.167. The van der Waals surface area contributed by atoms with Gasteiger partial charge in [0, 0.05) is 12.1 Å². The fourth-order valence-corrected chi connectivity index (χ4v) is 3.04. The maximum absolute atomic E-state index is 12.8. The smallest absolute Gasteiger partial charge is 0.225 e. The van der Waals surface area contributed by atoms with Crippen LogP contribution in [0, 0.1) is 5.82 Å². The Bertz CT molecular complexity index is 800. The normalized spacial score (nSPS) is 11.5. The summed E-state index contributed by atoms with van der Waals surface area (Å²) in [6, 6.07) is 14.7. The van der Waals surface area contributed by atoms with Gasteiger partial charge in [-0.3, -0.25) is 4.79 Å². The Morgan fingerprint density at radius 2 is 1.71 bits per heavy atom. The first-order valence-corrected chi connectivity index (χ1v) is 9.24. The van der Waals surface area contributed by atoms with Crippen LogP contribution in [0.3, 0.4) is 0 Å². The van der Waals surface area contributed by atoms with E-state index in [0.29, 0.717) is 5.69 Å². The van der Waals surface area contributed by atoms with Crippen molar-refractivity contribution < 1.29 is 17.6 Å². The molecule has 4 nitrogen and oxygen atoms in total. The summed E-state index contributed by atoms with van der Waals surface area (Å²) in [6.07, 6.45) is 3.16. The van der Waals surface area contributed by atoms with Gasteiger partial charge in [0.1, 0.15) is 5.82 Å². The third-order valence-corrected chi connectivity index (χ3v) is 4.75. The molecule has 6 heteroatoms. The van der Waals surface area contributed by atoms with Gasteiger partial charge in [0.15, 0.2) is 9.84 Å². The lowest BCUT2D eigenvalue weighted by Crippen LogP contribution is -2.18. The lowest BCUT2D eigenvalue weighted by atomic mass is 10.2. The summed E-state index contributed by atoms with van der Waals surface area (Å²) < 4.78 is 36.7. The van der Waals surface area contributed by atoms with Crippen LogP contribution in [-0.2, 0) is 14.6 Å². The van der Waals surface area contributed by atoms with Gasteiger partial charge in [-0.05, 0) is 29.8 Å². The number of hydrogen-bond donors (Lipinski definition) is 1. The van der Waals surface area contributed by atoms with Crippen molar-refractivity contribution in [1.29, 1.82) is 0 Å². The maximum Gasteiger partial charge on any atom is 0.225 e. The van der Waals surface area contributed by atoms with Crippen LogP contribution in [-0.4, -0.2) is 25.8 Å². The zero-order chi connectivity index (χ0) is 17.4. The van der Waals surface area contributed by atoms with Gasteiger partial charge in [0.05, 0.1) is 11.5 Å². The number of carbonyl (C=O) groups is 1. The molecule has 0 saturated carbocycles. The molecule has 0 spiro atoms. The number of hydrogen-bond acceptors (Lipinski definition) is 3. The first-order valence-electron chi connectivity index (χ1n) is 7.42. The molecule has 0 aliphatic rings. The third kappa shape index (κ3) is 6.34. The molecule has 0 heterocycles. The van der Waals surface area contributed by atoms with Crippen molar-refractivity contribution in [3.63, 3.8) is 0 Å². The Kier molecular flexibility index (Phi) is 6.26. The number of rotatable bonds is 7. The summed E-state index contributed by atoms with van der Waals surface area (Å²) in [7, 11) is -3.35. The van der Waals surface area contributed by atoms with Crippen molar-refractivity contribution in [2.75, 3.05) is 16.8 Å². The second-order valence-electron chi connectivity index (χ2n) is 5.23. The minimum Gasteiger partial charge on any atom is -0.326 e. The molecule has 0 aliphatic carbocycles. The van der Waals surface area contributed by atoms with Crippen molar-refractivity contribution in [1.82, 2.24) is 0 Å². The van der Waals surface area contributed by atoms with E-state index in [1.165, 1.54) is 24.3 Å². The first kappa shape index (κ1) is 17.9. The van der Waals surface area contributed by atoms with E-state index >= 15 is 0 Å². The zero-order valence-corrected chi connectivity index (χ0v) is 13.8. The van der Waals surface area contributed by atoms with Crippen LogP contribution in [0.1, 0.15) is 12.0 Å². The molecule has 0 saturated heterocycles. The van der Waals surface area contributed by atoms with Crippen LogP contribution in [0.15, 0.2) is 60.7 Å². The highest BCUT2D eigenvalue weighted by atomic mass is 32.2. The van der Waals surface area contributed by atoms with Crippen molar-refractivity contribution in [2.45, 2.75) is 6.42 Å². The second kappa shape index (κ2) is 8.40. The van der Waals surface area contributed by atoms with E-state index in [1.807, 2.05) is 30.3 Å². The number of benzene rings is 2. The summed E-state index contributed by atoms with van der Waals surface area (Å²) in [5.41, 5.74) is 1.35. The van der Waals surface area contributed by atoms with Crippen LogP contribution in [0.4, 0.5) is 10.1 Å². The summed E-state index contributed by atoms with van der Waals surface area (Å²) in [5.74, 6) is -1.18. The SMILES string of the molecule is O=C(CCS(=O)(=O)C/C=C/c1ccccc1)Nc1ccc(F)cc1. The van der Waals surface area contributed by atoms with Crippen LogP contribution in [0.2, 0.25) is 0 Å². The molecule has 0 fully saturated rings. The van der Waals surface area contributed by atoms with Crippen molar-refractivity contribution >= 4 is 27.5 Å². The zero-order valence-electron chi connectivity index (χ0n) is 13.0. The molecule has 1 N–H and O–H groups in total. The van der Waals surface area contributed by atoms with Gasteiger partial charge in [-0.2, -0.15) is 0 Å². The van der Waals surface area contributed by atoms with Crippen molar-refractivity contribution in [3.05, 3.63) is 72.1 Å². The van der Waals surface area contributed by atoms with Gasteiger partial charge in [0.2, 0.25) is 5.91 Å². The quantitative estimate of drug-likeness (QED) is 0.836. The Labute approximate surface area is 140 Å². The lowest BCUT2D eigenvalue weighted by molar-refractivity contribution is -0.115. The van der Waals surface area contributed by atoms with E-state index < -0.39 is 21.6 Å². The van der Waals surface area contributed by atoms with E-state index in [2.05, 4.69) is 5.32 Å². The van der Waals surface area contributed by atoms with Crippen LogP contribution in [0.25, 0.3) is 6.08 Å². The van der Waals surface area contributed by atoms with Crippen molar-refractivity contribution in [2.24, 2.45) is 0 Å². The number of anilines is 1. The van der Waals surface area contributed by atoms with Gasteiger partial charge in [-0.1, -0.05) is 42.5 Å². The standard InChI is InChI=1S/C18H18FNO3S/c19-16-8-10-17(11-9-16)20-18(21)12-14-24(22,23)13-4-7-15-5-2-1-3-6-15/h1-11H,12-14H2,(H,20,21)/b7-4+. The number of sulfone groups is 1. The van der Waals surface area contributed by atoms with E-state index in [9.17, 15) is 17.6 Å². The molecule has 2 aromatic rings. The molecule has 0 aliphatic heterocycles. The van der Waals surface area contributed by atoms with E-state index in [4.69, 9.17) is 0 Å². The summed E-state index contributed by atoms with van der Waals surface area (Å²) in [6.45, 7) is 0. The minimum atomic E-state index is -3.35. The molecular formula is C18H18FNO3S. The van der Waals surface area contributed by atoms with Gasteiger partial charge >= 0.3 is 0 Å². The Hall–Kier alpha value is -2.47. The predicted octanol–water partition coefficient (Wildman–Crippen LogP) is 3.28. The lowest BCUT2D eigenvalue weighted by Gasteiger charge is -2.05. The van der Waals surface area contributed by atoms with Gasteiger partial charge in [-0.15, -0.1) is 0 Å². The summed E-state index contributed by atoms with van der Waals surface area (Å²) in [4.78, 5) is 11.8. The number of halogens is 1. The summed E-state index contributed by atoms with van der Waals surface area (Å²) >= 11 is 0. The topological polar surface area (TPSA) is 63.2 Å². The molecule has 126 valence electrons. The average Bonchev–Trinajstić information content (AvgIpc) is 2.56. The molecular weight excluding hydrogens is 329 g/mol. The van der Waals surface area contributed by atoms with Gasteiger partial charge < -0.3 is 5.32 Å². The largest absolute Gasteiger partial charge is 0.326 e. The third-order valence-electron chi connectivity index (χ3n) is 3.23. The fourth-order valence-electron chi connectivity index (χ4n) is 1.98. The molecule has 24 heavy (non-hydrogen) atoms. The molecule has 2 aromatic carbocycles. The number of amides is 1. The molecule has 0 unspecified atom stereocenters. The van der Waals surface area contributed by atoms with E-state index in [-0.39, 0.29) is 17.9 Å². The van der Waals surface area contributed by atoms with Crippen LogP contribution >= 0.6 is 0 Å². The van der Waals surface area contributed by atoms with E-state index in [1.54, 1.807) is 12.2 Å². The number of nitrogens with one attached hydrogen (secondary N) is 1. The molecule has 0 atom stereocenters. The second-order valence-corrected chi connectivity index (χ2v) is 7.46. The highest BCUT2D eigenvalue weighted by Gasteiger charge is 2.12. The van der Waals surface area contributed by atoms with Crippen LogP contribution in [0.5, 0.6) is 0 Å². The molecule has 0 radical (unpaired) electrons. The van der Waals surface area contributed by atoms with Crippen molar-refractivity contribution in [3.8, 4) is 0 Å². The van der Waals surface area contributed by atoms with Gasteiger partial charge in [0.25, 0.3) is 0 Å². The molecule has 0 bridgehead atoms. The Morgan fingerprint density at radius 3 is 2.38 bits per heavy atom. The molecule has 1 amide bonds. The molecule has 2 rings (SSSR count). The van der Waals surface area contributed by atoms with Crippen LogP contribution < -0.4 is 5.32 Å².